The first kappa shape index (κ1) is 30.0. The van der Waals surface area contributed by atoms with Crippen molar-refractivity contribution in [1.29, 1.82) is 0 Å². The van der Waals surface area contributed by atoms with Crippen LogP contribution in [0.5, 0.6) is 0 Å². The molecule has 0 aliphatic heterocycles. The topological polar surface area (TPSA) is 8.17 Å². The number of para-hydroxylation sites is 3. The van der Waals surface area contributed by atoms with Crippen LogP contribution in [0.2, 0.25) is 0 Å². The van der Waals surface area contributed by atoms with Crippen LogP contribution in [-0.2, 0) is 0 Å². The zero-order valence-electron chi connectivity index (χ0n) is 28.8. The SMILES string of the molecule is c1ccc(-n2c3ccccc3c3cccc(-c4cccc(N(c5ccc6sc7ccccc7c6c5)c5cc6ccccc6c6ccccc56)c4)c32)cc1. The number of benzene rings is 9. The van der Waals surface area contributed by atoms with Gasteiger partial charge >= 0.3 is 0 Å². The van der Waals surface area contributed by atoms with Crippen molar-refractivity contribution in [3.8, 4) is 16.8 Å². The van der Waals surface area contributed by atoms with Gasteiger partial charge in [-0.2, -0.15) is 0 Å². The maximum absolute atomic E-state index is 2.47. The van der Waals surface area contributed by atoms with Crippen molar-refractivity contribution in [3.05, 3.63) is 194 Å². The summed E-state index contributed by atoms with van der Waals surface area (Å²) in [5.41, 5.74) is 9.35. The molecule has 0 spiro atoms. The standard InChI is InChI=1S/C50H32N2S/c1-2-16-35(17-3-1)52-46-26-10-8-22-42(46)44-25-13-24-39(50(44)52)33-15-12-18-36(30-33)51(37-28-29-49-45(32-37)43-23-9-11-27-48(43)53-49)47-31-34-14-4-5-19-38(34)40-20-6-7-21-41(40)47/h1-32H. The summed E-state index contributed by atoms with van der Waals surface area (Å²) in [5.74, 6) is 0. The Morgan fingerprint density at radius 1 is 0.396 bits per heavy atom. The summed E-state index contributed by atoms with van der Waals surface area (Å²) in [7, 11) is 0. The highest BCUT2D eigenvalue weighted by atomic mass is 32.1. The van der Waals surface area contributed by atoms with Crippen LogP contribution >= 0.6 is 11.3 Å². The largest absolute Gasteiger partial charge is 0.310 e. The molecule has 2 nitrogen and oxygen atoms in total. The second-order valence-electron chi connectivity index (χ2n) is 13.7. The first-order valence-corrected chi connectivity index (χ1v) is 18.9. The lowest BCUT2D eigenvalue weighted by Gasteiger charge is -2.28. The molecule has 2 aromatic heterocycles. The van der Waals surface area contributed by atoms with Gasteiger partial charge in [-0.05, 0) is 82.4 Å². The molecule has 0 unspecified atom stereocenters. The van der Waals surface area contributed by atoms with Crippen molar-refractivity contribution in [2.24, 2.45) is 0 Å². The van der Waals surface area contributed by atoms with E-state index in [0.717, 1.165) is 22.7 Å². The normalized spacial score (nSPS) is 11.8. The van der Waals surface area contributed by atoms with Crippen LogP contribution in [0.1, 0.15) is 0 Å². The van der Waals surface area contributed by atoms with Gasteiger partial charge in [0.05, 0.1) is 16.7 Å². The number of fused-ring (bicyclic) bond motifs is 9. The van der Waals surface area contributed by atoms with Crippen LogP contribution in [-0.4, -0.2) is 4.57 Å². The van der Waals surface area contributed by atoms with Gasteiger partial charge in [0.25, 0.3) is 0 Å². The molecular formula is C50H32N2S. The summed E-state index contributed by atoms with van der Waals surface area (Å²) < 4.78 is 5.04. The molecular weight excluding hydrogens is 661 g/mol. The monoisotopic (exact) mass is 692 g/mol. The zero-order valence-corrected chi connectivity index (χ0v) is 29.6. The Morgan fingerprint density at radius 3 is 1.94 bits per heavy atom. The van der Waals surface area contributed by atoms with Gasteiger partial charge in [-0.15, -0.1) is 11.3 Å². The van der Waals surface area contributed by atoms with Gasteiger partial charge in [-0.1, -0.05) is 133 Å². The fraction of sp³-hybridized carbons (Fsp3) is 0. The summed E-state index contributed by atoms with van der Waals surface area (Å²) in [5, 5.41) is 10.0. The van der Waals surface area contributed by atoms with Gasteiger partial charge in [0.15, 0.2) is 0 Å². The van der Waals surface area contributed by atoms with E-state index in [4.69, 9.17) is 0 Å². The molecule has 0 radical (unpaired) electrons. The summed E-state index contributed by atoms with van der Waals surface area (Å²) in [6.45, 7) is 0. The predicted molar refractivity (Wildman–Crippen MR) is 229 cm³/mol. The van der Waals surface area contributed by atoms with E-state index in [0.29, 0.717) is 0 Å². The molecule has 11 aromatic rings. The third-order valence-corrected chi connectivity index (χ3v) is 11.9. The highest BCUT2D eigenvalue weighted by Crippen LogP contribution is 2.46. The minimum atomic E-state index is 1.11. The highest BCUT2D eigenvalue weighted by Gasteiger charge is 2.21. The summed E-state index contributed by atoms with van der Waals surface area (Å²) >= 11 is 1.86. The van der Waals surface area contributed by atoms with Crippen LogP contribution in [0.4, 0.5) is 17.1 Å². The average Bonchev–Trinajstić information content (AvgIpc) is 3.77. The molecule has 0 fully saturated rings. The molecule has 0 aliphatic carbocycles. The Hall–Kier alpha value is -6.68. The maximum Gasteiger partial charge on any atom is 0.0619 e. The number of aromatic nitrogens is 1. The van der Waals surface area contributed by atoms with Gasteiger partial charge in [-0.3, -0.25) is 0 Å². The second-order valence-corrected chi connectivity index (χ2v) is 14.8. The second kappa shape index (κ2) is 11.9. The molecule has 11 rings (SSSR count). The minimum absolute atomic E-state index is 1.11. The highest BCUT2D eigenvalue weighted by molar-refractivity contribution is 7.25. The van der Waals surface area contributed by atoms with Gasteiger partial charge in [0.1, 0.15) is 0 Å². The molecule has 0 bridgehead atoms. The number of nitrogens with zero attached hydrogens (tertiary/aromatic N) is 2. The number of rotatable bonds is 5. The molecule has 53 heavy (non-hydrogen) atoms. The van der Waals surface area contributed by atoms with Crippen molar-refractivity contribution < 1.29 is 0 Å². The van der Waals surface area contributed by atoms with Gasteiger partial charge in [-0.25, -0.2) is 0 Å². The van der Waals surface area contributed by atoms with Crippen molar-refractivity contribution in [2.45, 2.75) is 0 Å². The Morgan fingerprint density at radius 2 is 1.06 bits per heavy atom. The Kier molecular flexibility index (Phi) is 6.76. The molecule has 0 N–H and O–H groups in total. The summed E-state index contributed by atoms with van der Waals surface area (Å²) in [6, 6.07) is 71.1. The van der Waals surface area contributed by atoms with E-state index >= 15 is 0 Å². The number of thiophene rings is 1. The van der Waals surface area contributed by atoms with E-state index in [1.165, 1.54) is 74.6 Å². The Balaban J connectivity index is 1.19. The van der Waals surface area contributed by atoms with E-state index in [1.54, 1.807) is 0 Å². The van der Waals surface area contributed by atoms with Gasteiger partial charge in [0.2, 0.25) is 0 Å². The maximum atomic E-state index is 2.47. The van der Waals surface area contributed by atoms with Crippen molar-refractivity contribution in [3.63, 3.8) is 0 Å². The number of anilines is 3. The molecule has 0 amide bonds. The Bertz CT molecular complexity index is 3190. The number of hydrogen-bond donors (Lipinski definition) is 0. The smallest absolute Gasteiger partial charge is 0.0619 e. The first-order valence-electron chi connectivity index (χ1n) is 18.1. The van der Waals surface area contributed by atoms with E-state index < -0.39 is 0 Å². The molecule has 248 valence electrons. The first-order chi connectivity index (χ1) is 26.3. The fourth-order valence-electron chi connectivity index (χ4n) is 8.41. The van der Waals surface area contributed by atoms with Crippen LogP contribution in [0.15, 0.2) is 194 Å². The molecule has 0 saturated heterocycles. The van der Waals surface area contributed by atoms with Crippen molar-refractivity contribution >= 4 is 91.9 Å². The van der Waals surface area contributed by atoms with Gasteiger partial charge < -0.3 is 9.47 Å². The summed E-state index contributed by atoms with van der Waals surface area (Å²) in [4.78, 5) is 2.47. The fourth-order valence-corrected chi connectivity index (χ4v) is 9.50. The van der Waals surface area contributed by atoms with Crippen molar-refractivity contribution in [1.82, 2.24) is 4.57 Å². The summed E-state index contributed by atoms with van der Waals surface area (Å²) in [6.07, 6.45) is 0. The molecule has 9 aromatic carbocycles. The molecule has 0 atom stereocenters. The third kappa shape index (κ3) is 4.71. The van der Waals surface area contributed by atoms with Gasteiger partial charge in [0, 0.05) is 59.0 Å². The quantitative estimate of drug-likeness (QED) is 0.163. The minimum Gasteiger partial charge on any atom is -0.310 e. The van der Waals surface area contributed by atoms with Crippen molar-refractivity contribution in [2.75, 3.05) is 4.90 Å². The van der Waals surface area contributed by atoms with Crippen LogP contribution in [0.3, 0.4) is 0 Å². The lowest BCUT2D eigenvalue weighted by molar-refractivity contribution is 1.18. The Labute approximate surface area is 311 Å². The van der Waals surface area contributed by atoms with E-state index in [1.807, 2.05) is 11.3 Å². The molecule has 3 heteroatoms. The lowest BCUT2D eigenvalue weighted by atomic mass is 9.98. The van der Waals surface area contributed by atoms with E-state index in [2.05, 4.69) is 204 Å². The van der Waals surface area contributed by atoms with E-state index in [9.17, 15) is 0 Å². The molecule has 0 aliphatic rings. The van der Waals surface area contributed by atoms with Crippen LogP contribution in [0.25, 0.3) is 80.3 Å². The lowest BCUT2D eigenvalue weighted by Crippen LogP contribution is -2.11. The van der Waals surface area contributed by atoms with E-state index in [-0.39, 0.29) is 0 Å². The van der Waals surface area contributed by atoms with Crippen LogP contribution in [0, 0.1) is 0 Å². The van der Waals surface area contributed by atoms with Crippen LogP contribution < -0.4 is 4.90 Å². The third-order valence-electron chi connectivity index (χ3n) is 10.7. The zero-order chi connectivity index (χ0) is 34.9. The predicted octanol–water partition coefficient (Wildman–Crippen LogP) is 14.6. The number of hydrogen-bond acceptors (Lipinski definition) is 2. The average molecular weight is 693 g/mol. The molecule has 0 saturated carbocycles. The molecule has 2 heterocycles.